The largest absolute Gasteiger partial charge is 0.451 e. The van der Waals surface area contributed by atoms with Gasteiger partial charge in [-0.05, 0) is 48.1 Å². The molecule has 1 aliphatic rings. The molecule has 1 saturated heterocycles. The molecule has 3 aromatic rings. The number of fused-ring (bicyclic) bond motifs is 1. The number of hydrogen-bond acceptors (Lipinski definition) is 4. The molecule has 1 amide bonds. The molecule has 7 heteroatoms. The highest BCUT2D eigenvalue weighted by Crippen LogP contribution is 2.31. The summed E-state index contributed by atoms with van der Waals surface area (Å²) in [6.45, 7) is 8.68. The Morgan fingerprint density at radius 3 is 2.44 bits per heavy atom. The number of halogens is 1. The second-order valence-corrected chi connectivity index (χ2v) is 12.8. The smallest absolute Gasteiger partial charge is 0.290 e. The molecule has 5 nitrogen and oxygen atoms in total. The highest BCUT2D eigenvalue weighted by atomic mass is 79.9. The van der Waals surface area contributed by atoms with Crippen molar-refractivity contribution in [3.63, 3.8) is 0 Å². The summed E-state index contributed by atoms with van der Waals surface area (Å²) in [7, 11) is -3.15. The Labute approximate surface area is 197 Å². The highest BCUT2D eigenvalue weighted by Gasteiger charge is 2.36. The zero-order valence-electron chi connectivity index (χ0n) is 18.8. The maximum atomic E-state index is 13.7. The van der Waals surface area contributed by atoms with Crippen molar-refractivity contribution < 1.29 is 17.6 Å². The highest BCUT2D eigenvalue weighted by molar-refractivity contribution is 9.10. The van der Waals surface area contributed by atoms with Gasteiger partial charge < -0.3 is 9.32 Å². The van der Waals surface area contributed by atoms with Gasteiger partial charge in [0.25, 0.3) is 5.91 Å². The van der Waals surface area contributed by atoms with Crippen LogP contribution in [0.3, 0.4) is 0 Å². The molecule has 1 aliphatic heterocycles. The molecule has 170 valence electrons. The summed E-state index contributed by atoms with van der Waals surface area (Å²) in [6, 6.07) is 13.5. The lowest BCUT2D eigenvalue weighted by Gasteiger charge is -2.28. The first kappa shape index (κ1) is 23.1. The second-order valence-electron chi connectivity index (χ2n) is 9.63. The van der Waals surface area contributed by atoms with Gasteiger partial charge in [0.15, 0.2) is 15.6 Å². The number of sulfone groups is 1. The van der Waals surface area contributed by atoms with E-state index in [1.165, 1.54) is 5.56 Å². The lowest BCUT2D eigenvalue weighted by Crippen LogP contribution is -2.40. The molecular weight excluding hydrogens is 490 g/mol. The zero-order valence-corrected chi connectivity index (χ0v) is 21.2. The molecule has 0 spiro atoms. The van der Waals surface area contributed by atoms with Crippen molar-refractivity contribution in [3.8, 4) is 0 Å². The fourth-order valence-electron chi connectivity index (χ4n) is 4.23. The quantitative estimate of drug-likeness (QED) is 0.449. The Morgan fingerprint density at radius 2 is 1.84 bits per heavy atom. The van der Waals surface area contributed by atoms with Gasteiger partial charge in [-0.25, -0.2) is 8.42 Å². The Kier molecular flexibility index (Phi) is 6.01. The van der Waals surface area contributed by atoms with E-state index >= 15 is 0 Å². The average Bonchev–Trinajstić information content (AvgIpc) is 3.24. The maximum Gasteiger partial charge on any atom is 0.290 e. The van der Waals surface area contributed by atoms with E-state index in [1.807, 2.05) is 37.3 Å². The predicted octanol–water partition coefficient (Wildman–Crippen LogP) is 5.63. The molecular formula is C25H28BrNO4S. The number of furan rings is 1. The minimum Gasteiger partial charge on any atom is -0.451 e. The lowest BCUT2D eigenvalue weighted by molar-refractivity contribution is 0.0649. The third-order valence-corrected chi connectivity index (χ3v) is 8.42. The van der Waals surface area contributed by atoms with Gasteiger partial charge in [0.05, 0.1) is 11.5 Å². The maximum absolute atomic E-state index is 13.7. The summed E-state index contributed by atoms with van der Waals surface area (Å²) in [4.78, 5) is 15.4. The van der Waals surface area contributed by atoms with Crippen molar-refractivity contribution >= 4 is 42.6 Å². The SMILES string of the molecule is Cc1c(C(=O)N(Cc2ccc(C(C)(C)C)cc2)C2CCS(=O)(=O)C2)oc2cc(Br)ccc12. The molecule has 32 heavy (non-hydrogen) atoms. The number of rotatable bonds is 4. The molecule has 2 aromatic carbocycles. The fourth-order valence-corrected chi connectivity index (χ4v) is 6.30. The molecule has 1 aromatic heterocycles. The fraction of sp³-hybridized carbons (Fsp3) is 0.400. The van der Waals surface area contributed by atoms with Gasteiger partial charge in [0.1, 0.15) is 5.58 Å². The van der Waals surface area contributed by atoms with Crippen LogP contribution in [0.2, 0.25) is 0 Å². The topological polar surface area (TPSA) is 67.6 Å². The summed E-state index contributed by atoms with van der Waals surface area (Å²) in [5.74, 6) is 0.102. The van der Waals surface area contributed by atoms with Gasteiger partial charge >= 0.3 is 0 Å². The number of hydrogen-bond donors (Lipinski definition) is 0. The van der Waals surface area contributed by atoms with Gasteiger partial charge in [-0.3, -0.25) is 4.79 Å². The minimum absolute atomic E-state index is 0.0103. The standard InChI is InChI=1S/C25H28BrNO4S/c1-16-21-10-9-19(26)13-22(21)31-23(16)24(28)27(20-11-12-32(29,30)15-20)14-17-5-7-18(8-6-17)25(2,3)4/h5-10,13,20H,11-12,14-15H2,1-4H3. The van der Waals surface area contributed by atoms with Gasteiger partial charge in [-0.2, -0.15) is 0 Å². The Bertz CT molecular complexity index is 1270. The van der Waals surface area contributed by atoms with Crippen LogP contribution in [0.15, 0.2) is 51.4 Å². The molecule has 1 fully saturated rings. The molecule has 2 heterocycles. The van der Waals surface area contributed by atoms with E-state index in [4.69, 9.17) is 4.42 Å². The van der Waals surface area contributed by atoms with E-state index in [1.54, 1.807) is 4.90 Å². The summed E-state index contributed by atoms with van der Waals surface area (Å²) < 4.78 is 31.2. The molecule has 1 unspecified atom stereocenters. The molecule has 1 atom stereocenters. The molecule has 0 aliphatic carbocycles. The van der Waals surface area contributed by atoms with E-state index < -0.39 is 9.84 Å². The first-order chi connectivity index (χ1) is 14.9. The summed E-state index contributed by atoms with van der Waals surface area (Å²) in [6.07, 6.45) is 0.443. The van der Waals surface area contributed by atoms with E-state index in [0.29, 0.717) is 18.5 Å². The summed E-state index contributed by atoms with van der Waals surface area (Å²) in [5, 5.41) is 0.880. The number of nitrogens with zero attached hydrogens (tertiary/aromatic N) is 1. The number of amides is 1. The Hall–Kier alpha value is -2.12. The van der Waals surface area contributed by atoms with Crippen LogP contribution >= 0.6 is 15.9 Å². The van der Waals surface area contributed by atoms with Crippen molar-refractivity contribution in [2.45, 2.75) is 52.1 Å². The van der Waals surface area contributed by atoms with Crippen LogP contribution in [0.25, 0.3) is 11.0 Å². The number of aryl methyl sites for hydroxylation is 1. The van der Waals surface area contributed by atoms with Crippen LogP contribution in [0.5, 0.6) is 0 Å². The Morgan fingerprint density at radius 1 is 1.16 bits per heavy atom. The van der Waals surface area contributed by atoms with Gasteiger partial charge in [0, 0.05) is 28.0 Å². The van der Waals surface area contributed by atoms with Crippen LogP contribution in [-0.2, 0) is 21.8 Å². The van der Waals surface area contributed by atoms with E-state index in [0.717, 1.165) is 21.0 Å². The van der Waals surface area contributed by atoms with Crippen molar-refractivity contribution in [1.29, 1.82) is 0 Å². The van der Waals surface area contributed by atoms with Gasteiger partial charge in [0.2, 0.25) is 0 Å². The van der Waals surface area contributed by atoms with Crippen molar-refractivity contribution in [2.75, 3.05) is 11.5 Å². The van der Waals surface area contributed by atoms with Crippen molar-refractivity contribution in [3.05, 3.63) is 69.4 Å². The van der Waals surface area contributed by atoms with Crippen molar-refractivity contribution in [1.82, 2.24) is 4.90 Å². The molecule has 0 saturated carbocycles. The van der Waals surface area contributed by atoms with E-state index in [-0.39, 0.29) is 34.6 Å². The summed E-state index contributed by atoms with van der Waals surface area (Å²) in [5.41, 5.74) is 3.61. The van der Waals surface area contributed by atoms with Crippen LogP contribution in [0.4, 0.5) is 0 Å². The van der Waals surface area contributed by atoms with Gasteiger partial charge in [-0.1, -0.05) is 61.0 Å². The summed E-state index contributed by atoms with van der Waals surface area (Å²) >= 11 is 3.44. The zero-order chi connectivity index (χ0) is 23.3. The number of carbonyl (C=O) groups excluding carboxylic acids is 1. The average molecular weight is 518 g/mol. The first-order valence-electron chi connectivity index (χ1n) is 10.7. The van der Waals surface area contributed by atoms with Crippen LogP contribution in [0, 0.1) is 6.92 Å². The first-order valence-corrected chi connectivity index (χ1v) is 13.4. The van der Waals surface area contributed by atoms with E-state index in [9.17, 15) is 13.2 Å². The van der Waals surface area contributed by atoms with E-state index in [2.05, 4.69) is 48.8 Å². The van der Waals surface area contributed by atoms with Gasteiger partial charge in [-0.15, -0.1) is 0 Å². The third kappa shape index (κ3) is 4.64. The second kappa shape index (κ2) is 8.34. The van der Waals surface area contributed by atoms with Crippen LogP contribution in [-0.4, -0.2) is 36.8 Å². The van der Waals surface area contributed by atoms with Crippen LogP contribution in [0.1, 0.15) is 54.4 Å². The molecule has 0 radical (unpaired) electrons. The number of carbonyl (C=O) groups is 1. The Balaban J connectivity index is 1.70. The van der Waals surface area contributed by atoms with Crippen molar-refractivity contribution in [2.24, 2.45) is 0 Å². The normalized spacial score (nSPS) is 18.2. The predicted molar refractivity (Wildman–Crippen MR) is 131 cm³/mol. The minimum atomic E-state index is -3.15. The lowest BCUT2D eigenvalue weighted by atomic mass is 9.86. The van der Waals surface area contributed by atoms with Crippen LogP contribution < -0.4 is 0 Å². The number of benzene rings is 2. The molecule has 0 N–H and O–H groups in total. The third-order valence-electron chi connectivity index (χ3n) is 6.18. The monoisotopic (exact) mass is 517 g/mol. The molecule has 0 bridgehead atoms. The molecule has 4 rings (SSSR count).